The van der Waals surface area contributed by atoms with Crippen LogP contribution in [0.15, 0.2) is 11.4 Å². The molecule has 96 valence electrons. The number of nitrogens with zero attached hydrogens (tertiary/aromatic N) is 2. The molecule has 1 saturated heterocycles. The average Bonchev–Trinajstić information content (AvgIpc) is 2.97. The van der Waals surface area contributed by atoms with Crippen molar-refractivity contribution in [2.24, 2.45) is 5.92 Å². The molecule has 1 aromatic heterocycles. The van der Waals surface area contributed by atoms with Crippen molar-refractivity contribution < 1.29 is 19.6 Å². The van der Waals surface area contributed by atoms with E-state index in [4.69, 9.17) is 5.11 Å². The maximum Gasteiger partial charge on any atom is 0.324 e. The number of rotatable bonds is 3. The lowest BCUT2D eigenvalue weighted by atomic mass is 10.1. The lowest BCUT2D eigenvalue weighted by Gasteiger charge is -2.14. The number of amides is 1. The Bertz CT molecular complexity index is 512. The predicted molar refractivity (Wildman–Crippen MR) is 62.6 cm³/mol. The summed E-state index contributed by atoms with van der Waals surface area (Å²) < 4.78 is 0. The van der Waals surface area contributed by atoms with Gasteiger partial charge in [-0.1, -0.05) is 11.3 Å². The van der Waals surface area contributed by atoms with E-state index in [1.165, 1.54) is 16.3 Å². The van der Waals surface area contributed by atoms with Crippen molar-refractivity contribution in [3.8, 4) is 0 Å². The third kappa shape index (κ3) is 2.33. The van der Waals surface area contributed by atoms with Crippen LogP contribution >= 0.6 is 11.3 Å². The standard InChI is InChI=1S/C10H10N2O5S/c13-9(7-3-8(12(16)17)18-5-7)11-2-1-6(4-11)10(14)15/h3,5-6H,1-2,4H2,(H,14,15). The van der Waals surface area contributed by atoms with Crippen LogP contribution in [-0.2, 0) is 4.79 Å². The molecule has 1 aliphatic rings. The number of hydrogen-bond acceptors (Lipinski definition) is 5. The molecule has 1 N–H and O–H groups in total. The Kier molecular flexibility index (Phi) is 3.28. The van der Waals surface area contributed by atoms with Crippen LogP contribution in [0, 0.1) is 16.0 Å². The molecular weight excluding hydrogens is 260 g/mol. The number of nitro groups is 1. The van der Waals surface area contributed by atoms with Crippen LogP contribution < -0.4 is 0 Å². The molecule has 0 aromatic carbocycles. The quantitative estimate of drug-likeness (QED) is 0.657. The van der Waals surface area contributed by atoms with E-state index in [2.05, 4.69) is 0 Å². The zero-order chi connectivity index (χ0) is 13.3. The number of carboxylic acids is 1. The average molecular weight is 270 g/mol. The van der Waals surface area contributed by atoms with Gasteiger partial charge in [0, 0.05) is 24.5 Å². The molecule has 0 radical (unpaired) electrons. The highest BCUT2D eigenvalue weighted by atomic mass is 32.1. The van der Waals surface area contributed by atoms with Crippen LogP contribution in [0.25, 0.3) is 0 Å². The summed E-state index contributed by atoms with van der Waals surface area (Å²) in [4.78, 5) is 34.1. The van der Waals surface area contributed by atoms with E-state index in [0.29, 0.717) is 13.0 Å². The van der Waals surface area contributed by atoms with Crippen molar-refractivity contribution in [3.05, 3.63) is 27.1 Å². The van der Waals surface area contributed by atoms with Gasteiger partial charge in [0.2, 0.25) is 0 Å². The molecular formula is C10H10N2O5S. The van der Waals surface area contributed by atoms with Gasteiger partial charge in [-0.2, -0.15) is 0 Å². The van der Waals surface area contributed by atoms with Gasteiger partial charge in [-0.25, -0.2) is 0 Å². The summed E-state index contributed by atoms with van der Waals surface area (Å²) >= 11 is 0.889. The van der Waals surface area contributed by atoms with Gasteiger partial charge < -0.3 is 10.0 Å². The number of carbonyl (C=O) groups is 2. The maximum absolute atomic E-state index is 12.0. The number of aliphatic carboxylic acids is 1. The Morgan fingerprint density at radius 2 is 2.28 bits per heavy atom. The molecule has 0 saturated carbocycles. The van der Waals surface area contributed by atoms with Gasteiger partial charge >= 0.3 is 11.0 Å². The molecule has 1 amide bonds. The van der Waals surface area contributed by atoms with Gasteiger partial charge in [0.25, 0.3) is 5.91 Å². The summed E-state index contributed by atoms with van der Waals surface area (Å²) in [5.41, 5.74) is 0.248. The molecule has 0 aliphatic carbocycles. The van der Waals surface area contributed by atoms with E-state index in [1.807, 2.05) is 0 Å². The first-order chi connectivity index (χ1) is 8.49. The molecule has 1 atom stereocenters. The Balaban J connectivity index is 2.08. The summed E-state index contributed by atoms with van der Waals surface area (Å²) in [6.07, 6.45) is 0.424. The molecule has 1 unspecified atom stereocenters. The number of carboxylic acid groups (broad SMARTS) is 1. The minimum atomic E-state index is -0.915. The van der Waals surface area contributed by atoms with Crippen molar-refractivity contribution >= 4 is 28.2 Å². The van der Waals surface area contributed by atoms with Crippen LogP contribution in [0.1, 0.15) is 16.8 Å². The van der Waals surface area contributed by atoms with E-state index in [0.717, 1.165) is 11.3 Å². The first-order valence-electron chi connectivity index (χ1n) is 5.24. The lowest BCUT2D eigenvalue weighted by molar-refractivity contribution is -0.380. The Hall–Kier alpha value is -1.96. The second-order valence-electron chi connectivity index (χ2n) is 4.01. The minimum absolute atomic E-state index is 0.0904. The highest BCUT2D eigenvalue weighted by molar-refractivity contribution is 7.13. The third-order valence-electron chi connectivity index (χ3n) is 2.84. The topological polar surface area (TPSA) is 101 Å². The maximum atomic E-state index is 12.0. The van der Waals surface area contributed by atoms with Crippen LogP contribution in [0.2, 0.25) is 0 Å². The van der Waals surface area contributed by atoms with Crippen molar-refractivity contribution in [3.63, 3.8) is 0 Å². The monoisotopic (exact) mass is 270 g/mol. The molecule has 2 heterocycles. The Labute approximate surface area is 106 Å². The largest absolute Gasteiger partial charge is 0.481 e. The van der Waals surface area contributed by atoms with E-state index in [1.54, 1.807) is 0 Å². The molecule has 2 rings (SSSR count). The molecule has 8 heteroatoms. The number of carbonyl (C=O) groups excluding carboxylic acids is 1. The first-order valence-corrected chi connectivity index (χ1v) is 6.12. The SMILES string of the molecule is O=C(O)C1CCN(C(=O)c2csc([N+](=O)[O-])c2)C1. The predicted octanol–water partition coefficient (Wildman–Crippen LogP) is 1.20. The smallest absolute Gasteiger partial charge is 0.324 e. The fourth-order valence-corrected chi connectivity index (χ4v) is 2.56. The summed E-state index contributed by atoms with van der Waals surface area (Å²) in [7, 11) is 0. The van der Waals surface area contributed by atoms with Crippen molar-refractivity contribution in [2.75, 3.05) is 13.1 Å². The van der Waals surface area contributed by atoms with Crippen molar-refractivity contribution in [1.82, 2.24) is 4.90 Å². The second kappa shape index (κ2) is 4.73. The lowest BCUT2D eigenvalue weighted by Crippen LogP contribution is -2.29. The summed E-state index contributed by atoms with van der Waals surface area (Å²) in [6, 6.07) is 1.22. The zero-order valence-corrected chi connectivity index (χ0v) is 10.1. The van der Waals surface area contributed by atoms with E-state index in [-0.39, 0.29) is 23.0 Å². The molecule has 7 nitrogen and oxygen atoms in total. The first kappa shape index (κ1) is 12.5. The van der Waals surface area contributed by atoms with Gasteiger partial charge in [-0.15, -0.1) is 0 Å². The fourth-order valence-electron chi connectivity index (χ4n) is 1.86. The van der Waals surface area contributed by atoms with Crippen LogP contribution in [0.4, 0.5) is 5.00 Å². The second-order valence-corrected chi connectivity index (χ2v) is 4.90. The van der Waals surface area contributed by atoms with E-state index < -0.39 is 16.8 Å². The zero-order valence-electron chi connectivity index (χ0n) is 9.24. The summed E-state index contributed by atoms with van der Waals surface area (Å²) in [5, 5.41) is 20.7. The van der Waals surface area contributed by atoms with Crippen molar-refractivity contribution in [2.45, 2.75) is 6.42 Å². The third-order valence-corrected chi connectivity index (χ3v) is 3.72. The normalized spacial score (nSPS) is 18.9. The molecule has 1 fully saturated rings. The summed E-state index contributed by atoms with van der Waals surface area (Å²) in [6.45, 7) is 0.539. The highest BCUT2D eigenvalue weighted by Gasteiger charge is 2.32. The van der Waals surface area contributed by atoms with Crippen LogP contribution in [0.3, 0.4) is 0 Å². The molecule has 18 heavy (non-hydrogen) atoms. The minimum Gasteiger partial charge on any atom is -0.481 e. The Morgan fingerprint density at radius 3 is 2.78 bits per heavy atom. The van der Waals surface area contributed by atoms with E-state index in [9.17, 15) is 19.7 Å². The summed E-state index contributed by atoms with van der Waals surface area (Å²) in [5.74, 6) is -1.80. The number of hydrogen-bond donors (Lipinski definition) is 1. The van der Waals surface area contributed by atoms with Gasteiger partial charge in [-0.05, 0) is 6.42 Å². The number of likely N-dealkylation sites (tertiary alicyclic amines) is 1. The molecule has 1 aliphatic heterocycles. The van der Waals surface area contributed by atoms with Gasteiger partial charge in [0.05, 0.1) is 16.4 Å². The van der Waals surface area contributed by atoms with Gasteiger partial charge in [0.1, 0.15) is 0 Å². The molecule has 0 bridgehead atoms. The Morgan fingerprint density at radius 1 is 1.56 bits per heavy atom. The van der Waals surface area contributed by atoms with Crippen LogP contribution in [-0.4, -0.2) is 39.9 Å². The molecule has 1 aromatic rings. The fraction of sp³-hybridized carbons (Fsp3) is 0.400. The van der Waals surface area contributed by atoms with Gasteiger partial charge in [-0.3, -0.25) is 19.7 Å². The van der Waals surface area contributed by atoms with Gasteiger partial charge in [0.15, 0.2) is 0 Å². The number of thiophene rings is 1. The van der Waals surface area contributed by atoms with E-state index >= 15 is 0 Å². The highest BCUT2D eigenvalue weighted by Crippen LogP contribution is 2.25. The molecule has 0 spiro atoms. The van der Waals surface area contributed by atoms with Crippen molar-refractivity contribution in [1.29, 1.82) is 0 Å². The van der Waals surface area contributed by atoms with Crippen LogP contribution in [0.5, 0.6) is 0 Å².